The standard InChI is InChI=1S/C21H17ClN4O/c1-14-5-7-15(8-6-14)19-20(26-13-3-2-4-18(26)24-19)25-21(27)23-17-11-9-16(22)10-12-17/h2-13H,1H3,(H2,23,25,27). The Labute approximate surface area is 161 Å². The molecule has 6 heteroatoms. The number of carbonyl (C=O) groups excluding carboxylic acids is 1. The normalized spacial score (nSPS) is 10.7. The Hall–Kier alpha value is -3.31. The van der Waals surface area contributed by atoms with Crippen molar-refractivity contribution in [3.63, 3.8) is 0 Å². The van der Waals surface area contributed by atoms with Gasteiger partial charge in [-0.05, 0) is 43.3 Å². The summed E-state index contributed by atoms with van der Waals surface area (Å²) in [5.74, 6) is 0.612. The van der Waals surface area contributed by atoms with Crippen LogP contribution in [0.3, 0.4) is 0 Å². The molecule has 4 aromatic rings. The second-order valence-electron chi connectivity index (χ2n) is 6.19. The van der Waals surface area contributed by atoms with Gasteiger partial charge in [0.15, 0.2) is 0 Å². The van der Waals surface area contributed by atoms with Crippen LogP contribution in [0.2, 0.25) is 5.02 Å². The molecule has 0 spiro atoms. The van der Waals surface area contributed by atoms with Crippen LogP contribution in [0.5, 0.6) is 0 Å². The molecule has 2 aromatic carbocycles. The van der Waals surface area contributed by atoms with Crippen molar-refractivity contribution in [2.75, 3.05) is 10.6 Å². The Kier molecular flexibility index (Phi) is 4.52. The highest BCUT2D eigenvalue weighted by Crippen LogP contribution is 2.29. The van der Waals surface area contributed by atoms with Crippen molar-refractivity contribution in [2.24, 2.45) is 0 Å². The molecule has 0 saturated heterocycles. The van der Waals surface area contributed by atoms with E-state index in [1.807, 2.05) is 60.0 Å². The van der Waals surface area contributed by atoms with Crippen molar-refractivity contribution in [3.05, 3.63) is 83.5 Å². The van der Waals surface area contributed by atoms with Crippen molar-refractivity contribution >= 4 is 34.8 Å². The maximum absolute atomic E-state index is 12.5. The predicted molar refractivity (Wildman–Crippen MR) is 109 cm³/mol. The number of fused-ring (bicyclic) bond motifs is 1. The minimum absolute atomic E-state index is 0.351. The van der Waals surface area contributed by atoms with E-state index in [0.29, 0.717) is 22.2 Å². The fraction of sp³-hybridized carbons (Fsp3) is 0.0476. The molecule has 2 aromatic heterocycles. The first-order valence-corrected chi connectivity index (χ1v) is 8.86. The van der Waals surface area contributed by atoms with Gasteiger partial charge in [0, 0.05) is 22.5 Å². The van der Waals surface area contributed by atoms with E-state index >= 15 is 0 Å². The first-order valence-electron chi connectivity index (χ1n) is 8.48. The average Bonchev–Trinajstić information content (AvgIpc) is 3.03. The van der Waals surface area contributed by atoms with E-state index < -0.39 is 0 Å². The number of hydrogen-bond donors (Lipinski definition) is 2. The van der Waals surface area contributed by atoms with E-state index in [4.69, 9.17) is 11.6 Å². The number of nitrogens with zero attached hydrogens (tertiary/aromatic N) is 2. The molecule has 4 rings (SSSR count). The molecule has 0 bridgehead atoms. The number of rotatable bonds is 3. The highest BCUT2D eigenvalue weighted by molar-refractivity contribution is 6.30. The van der Waals surface area contributed by atoms with Crippen molar-refractivity contribution < 1.29 is 4.79 Å². The minimum atomic E-state index is -0.351. The molecule has 0 fully saturated rings. The highest BCUT2D eigenvalue weighted by atomic mass is 35.5. The van der Waals surface area contributed by atoms with Gasteiger partial charge in [-0.1, -0.05) is 47.5 Å². The van der Waals surface area contributed by atoms with Crippen LogP contribution in [0.15, 0.2) is 72.9 Å². The molecule has 2 N–H and O–H groups in total. The number of amides is 2. The number of aryl methyl sites for hydroxylation is 1. The molecular weight excluding hydrogens is 360 g/mol. The molecule has 0 aliphatic heterocycles. The fourth-order valence-corrected chi connectivity index (χ4v) is 2.96. The molecule has 0 aliphatic carbocycles. The molecule has 0 atom stereocenters. The summed E-state index contributed by atoms with van der Waals surface area (Å²) in [4.78, 5) is 17.2. The molecule has 0 radical (unpaired) electrons. The van der Waals surface area contributed by atoms with Crippen LogP contribution in [-0.2, 0) is 0 Å². The van der Waals surface area contributed by atoms with Gasteiger partial charge in [-0.15, -0.1) is 0 Å². The topological polar surface area (TPSA) is 58.4 Å². The van der Waals surface area contributed by atoms with Crippen LogP contribution in [0, 0.1) is 6.92 Å². The predicted octanol–water partition coefficient (Wildman–Crippen LogP) is 5.61. The third-order valence-corrected chi connectivity index (χ3v) is 4.44. The summed E-state index contributed by atoms with van der Waals surface area (Å²) in [5, 5.41) is 6.35. The van der Waals surface area contributed by atoms with Gasteiger partial charge in [0.1, 0.15) is 17.2 Å². The molecule has 0 unspecified atom stereocenters. The monoisotopic (exact) mass is 376 g/mol. The number of benzene rings is 2. The van der Waals surface area contributed by atoms with Crippen LogP contribution in [0.4, 0.5) is 16.3 Å². The van der Waals surface area contributed by atoms with E-state index in [1.54, 1.807) is 24.3 Å². The summed E-state index contributed by atoms with van der Waals surface area (Å²) in [7, 11) is 0. The van der Waals surface area contributed by atoms with Gasteiger partial charge in [-0.25, -0.2) is 9.78 Å². The lowest BCUT2D eigenvalue weighted by Gasteiger charge is -2.10. The highest BCUT2D eigenvalue weighted by Gasteiger charge is 2.16. The first kappa shape index (κ1) is 17.1. The largest absolute Gasteiger partial charge is 0.324 e. The molecule has 0 aliphatic rings. The van der Waals surface area contributed by atoms with Crippen LogP contribution in [0.25, 0.3) is 16.9 Å². The minimum Gasteiger partial charge on any atom is -0.308 e. The summed E-state index contributed by atoms with van der Waals surface area (Å²) in [6.07, 6.45) is 1.87. The van der Waals surface area contributed by atoms with Crippen molar-refractivity contribution in [1.29, 1.82) is 0 Å². The summed E-state index contributed by atoms with van der Waals surface area (Å²) < 4.78 is 1.86. The smallest absolute Gasteiger partial charge is 0.308 e. The molecule has 2 amide bonds. The number of urea groups is 1. The average molecular weight is 377 g/mol. The second kappa shape index (κ2) is 7.13. The van der Waals surface area contributed by atoms with E-state index in [2.05, 4.69) is 15.6 Å². The molecule has 27 heavy (non-hydrogen) atoms. The summed E-state index contributed by atoms with van der Waals surface area (Å²) in [6.45, 7) is 2.03. The molecule has 2 heterocycles. The lowest BCUT2D eigenvalue weighted by atomic mass is 10.1. The van der Waals surface area contributed by atoms with Gasteiger partial charge in [0.25, 0.3) is 0 Å². The number of aromatic nitrogens is 2. The zero-order valence-corrected chi connectivity index (χ0v) is 15.4. The van der Waals surface area contributed by atoms with Gasteiger partial charge < -0.3 is 5.32 Å². The Bertz CT molecular complexity index is 1100. The van der Waals surface area contributed by atoms with Gasteiger partial charge in [-0.3, -0.25) is 9.72 Å². The number of hydrogen-bond acceptors (Lipinski definition) is 2. The number of halogens is 1. The molecule has 134 valence electrons. The van der Waals surface area contributed by atoms with Crippen LogP contribution < -0.4 is 10.6 Å². The molecule has 0 saturated carbocycles. The van der Waals surface area contributed by atoms with Gasteiger partial charge in [-0.2, -0.15) is 0 Å². The summed E-state index contributed by atoms with van der Waals surface area (Å²) >= 11 is 5.89. The second-order valence-corrected chi connectivity index (χ2v) is 6.63. The first-order chi connectivity index (χ1) is 13.1. The molecule has 5 nitrogen and oxygen atoms in total. The number of carbonyl (C=O) groups is 1. The Morgan fingerprint density at radius 1 is 0.963 bits per heavy atom. The van der Waals surface area contributed by atoms with E-state index in [-0.39, 0.29) is 6.03 Å². The summed E-state index contributed by atoms with van der Waals surface area (Å²) in [5.41, 5.74) is 4.23. The maximum Gasteiger partial charge on any atom is 0.324 e. The number of anilines is 2. The Morgan fingerprint density at radius 3 is 2.44 bits per heavy atom. The van der Waals surface area contributed by atoms with Crippen molar-refractivity contribution in [2.45, 2.75) is 6.92 Å². The zero-order valence-electron chi connectivity index (χ0n) is 14.6. The fourth-order valence-electron chi connectivity index (χ4n) is 2.83. The lowest BCUT2D eigenvalue weighted by Crippen LogP contribution is -2.20. The quantitative estimate of drug-likeness (QED) is 0.488. The lowest BCUT2D eigenvalue weighted by molar-refractivity contribution is 0.262. The Balaban J connectivity index is 1.69. The Morgan fingerprint density at radius 2 is 1.70 bits per heavy atom. The number of pyridine rings is 1. The third kappa shape index (κ3) is 3.64. The van der Waals surface area contributed by atoms with Gasteiger partial charge in [0.05, 0.1) is 0 Å². The van der Waals surface area contributed by atoms with E-state index in [1.165, 1.54) is 0 Å². The summed E-state index contributed by atoms with van der Waals surface area (Å²) in [6, 6.07) is 20.4. The van der Waals surface area contributed by atoms with Crippen molar-refractivity contribution in [3.8, 4) is 11.3 Å². The maximum atomic E-state index is 12.5. The van der Waals surface area contributed by atoms with Gasteiger partial charge in [0.2, 0.25) is 0 Å². The zero-order chi connectivity index (χ0) is 18.8. The van der Waals surface area contributed by atoms with E-state index in [9.17, 15) is 4.79 Å². The number of imidazole rings is 1. The van der Waals surface area contributed by atoms with Crippen LogP contribution in [-0.4, -0.2) is 15.4 Å². The van der Waals surface area contributed by atoms with Crippen molar-refractivity contribution in [1.82, 2.24) is 9.38 Å². The van der Waals surface area contributed by atoms with Crippen LogP contribution >= 0.6 is 11.6 Å². The van der Waals surface area contributed by atoms with E-state index in [0.717, 1.165) is 16.8 Å². The molecular formula is C21H17ClN4O. The number of nitrogens with one attached hydrogen (secondary N) is 2. The van der Waals surface area contributed by atoms with Gasteiger partial charge >= 0.3 is 6.03 Å². The van der Waals surface area contributed by atoms with Crippen LogP contribution in [0.1, 0.15) is 5.56 Å². The SMILES string of the molecule is Cc1ccc(-c2nc3ccccn3c2NC(=O)Nc2ccc(Cl)cc2)cc1. The third-order valence-electron chi connectivity index (χ3n) is 4.19.